The van der Waals surface area contributed by atoms with Crippen molar-refractivity contribution in [2.75, 3.05) is 18.1 Å². The maximum atomic E-state index is 13.9. The smallest absolute Gasteiger partial charge is 0.326 e. The van der Waals surface area contributed by atoms with E-state index in [1.165, 1.54) is 22.3 Å². The summed E-state index contributed by atoms with van der Waals surface area (Å²) in [6.45, 7) is 1.96. The molecular formula is C13H13FN2O2S. The van der Waals surface area contributed by atoms with Gasteiger partial charge in [0.25, 0.3) is 0 Å². The van der Waals surface area contributed by atoms with Crippen molar-refractivity contribution in [2.24, 2.45) is 0 Å². The Morgan fingerprint density at radius 2 is 2.26 bits per heavy atom. The SMILES string of the molecule is CCOC(=O)CN(c1nccs1)c1ccccc1F. The molecule has 0 amide bonds. The molecule has 4 nitrogen and oxygen atoms in total. The van der Waals surface area contributed by atoms with Gasteiger partial charge in [0.1, 0.15) is 12.4 Å². The lowest BCUT2D eigenvalue weighted by Crippen LogP contribution is -2.27. The molecule has 0 saturated carbocycles. The fourth-order valence-corrected chi connectivity index (χ4v) is 2.27. The van der Waals surface area contributed by atoms with Gasteiger partial charge in [-0.2, -0.15) is 0 Å². The highest BCUT2D eigenvalue weighted by Crippen LogP contribution is 2.28. The number of anilines is 2. The van der Waals surface area contributed by atoms with Crippen molar-refractivity contribution in [3.63, 3.8) is 0 Å². The second kappa shape index (κ2) is 6.29. The van der Waals surface area contributed by atoms with Gasteiger partial charge in [0.05, 0.1) is 12.3 Å². The lowest BCUT2D eigenvalue weighted by Gasteiger charge is -2.21. The van der Waals surface area contributed by atoms with E-state index in [2.05, 4.69) is 4.98 Å². The van der Waals surface area contributed by atoms with Gasteiger partial charge in [0, 0.05) is 11.6 Å². The number of nitrogens with zero attached hydrogens (tertiary/aromatic N) is 2. The molecule has 0 radical (unpaired) electrons. The molecule has 0 atom stereocenters. The zero-order chi connectivity index (χ0) is 13.7. The van der Waals surface area contributed by atoms with Crippen LogP contribution in [0.3, 0.4) is 0 Å². The van der Waals surface area contributed by atoms with E-state index in [0.29, 0.717) is 17.4 Å². The molecule has 0 aliphatic rings. The highest BCUT2D eigenvalue weighted by molar-refractivity contribution is 7.13. The summed E-state index contributed by atoms with van der Waals surface area (Å²) in [5.41, 5.74) is 0.311. The summed E-state index contributed by atoms with van der Waals surface area (Å²) >= 11 is 1.34. The van der Waals surface area contributed by atoms with Crippen molar-refractivity contribution >= 4 is 28.1 Å². The third-order valence-corrected chi connectivity index (χ3v) is 3.18. The molecule has 6 heteroatoms. The van der Waals surface area contributed by atoms with Gasteiger partial charge in [-0.05, 0) is 19.1 Å². The number of para-hydroxylation sites is 1. The van der Waals surface area contributed by atoms with E-state index >= 15 is 0 Å². The third kappa shape index (κ3) is 3.29. The predicted octanol–water partition coefficient (Wildman–Crippen LogP) is 2.98. The number of hydrogen-bond acceptors (Lipinski definition) is 5. The molecule has 19 heavy (non-hydrogen) atoms. The molecule has 0 aliphatic heterocycles. The average Bonchev–Trinajstić information content (AvgIpc) is 2.91. The van der Waals surface area contributed by atoms with Gasteiger partial charge in [-0.25, -0.2) is 9.37 Å². The highest BCUT2D eigenvalue weighted by Gasteiger charge is 2.19. The molecule has 0 bridgehead atoms. The number of carbonyl (C=O) groups is 1. The first kappa shape index (κ1) is 13.5. The van der Waals surface area contributed by atoms with Crippen molar-refractivity contribution < 1.29 is 13.9 Å². The summed E-state index contributed by atoms with van der Waals surface area (Å²) in [4.78, 5) is 17.3. The van der Waals surface area contributed by atoms with Crippen molar-refractivity contribution in [2.45, 2.75) is 6.92 Å². The quantitative estimate of drug-likeness (QED) is 0.790. The molecule has 0 saturated heterocycles. The van der Waals surface area contributed by atoms with Crippen LogP contribution < -0.4 is 4.90 Å². The summed E-state index contributed by atoms with van der Waals surface area (Å²) in [5, 5.41) is 2.33. The van der Waals surface area contributed by atoms with Crippen LogP contribution >= 0.6 is 11.3 Å². The van der Waals surface area contributed by atoms with Crippen LogP contribution in [-0.2, 0) is 9.53 Å². The number of aromatic nitrogens is 1. The molecule has 1 heterocycles. The Kier molecular flexibility index (Phi) is 4.46. The number of thiazole rings is 1. The van der Waals surface area contributed by atoms with Crippen LogP contribution in [0, 0.1) is 5.82 Å². The predicted molar refractivity (Wildman–Crippen MR) is 72.2 cm³/mol. The van der Waals surface area contributed by atoms with E-state index in [9.17, 15) is 9.18 Å². The summed E-state index contributed by atoms with van der Waals surface area (Å²) in [7, 11) is 0. The van der Waals surface area contributed by atoms with Crippen molar-refractivity contribution in [3.05, 3.63) is 41.7 Å². The van der Waals surface area contributed by atoms with Gasteiger partial charge >= 0.3 is 5.97 Å². The van der Waals surface area contributed by atoms with Gasteiger partial charge in [0.2, 0.25) is 0 Å². The second-order valence-corrected chi connectivity index (χ2v) is 4.53. The Morgan fingerprint density at radius 1 is 1.47 bits per heavy atom. The Balaban J connectivity index is 2.30. The van der Waals surface area contributed by atoms with E-state index in [0.717, 1.165) is 0 Å². The first-order chi connectivity index (χ1) is 9.22. The van der Waals surface area contributed by atoms with E-state index in [4.69, 9.17) is 4.74 Å². The molecule has 0 spiro atoms. The normalized spacial score (nSPS) is 10.2. The first-order valence-corrected chi connectivity index (χ1v) is 6.67. The highest BCUT2D eigenvalue weighted by atomic mass is 32.1. The van der Waals surface area contributed by atoms with Gasteiger partial charge in [-0.1, -0.05) is 12.1 Å². The lowest BCUT2D eigenvalue weighted by molar-refractivity contribution is -0.141. The van der Waals surface area contributed by atoms with Crippen molar-refractivity contribution in [3.8, 4) is 0 Å². The largest absolute Gasteiger partial charge is 0.465 e. The number of benzene rings is 1. The second-order valence-electron chi connectivity index (χ2n) is 3.66. The molecule has 2 rings (SSSR count). The van der Waals surface area contributed by atoms with E-state index in [1.807, 2.05) is 0 Å². The zero-order valence-corrected chi connectivity index (χ0v) is 11.2. The maximum absolute atomic E-state index is 13.9. The van der Waals surface area contributed by atoms with Crippen LogP contribution in [0.25, 0.3) is 0 Å². The van der Waals surface area contributed by atoms with Gasteiger partial charge in [-0.3, -0.25) is 4.79 Å². The average molecular weight is 280 g/mol. The van der Waals surface area contributed by atoms with Crippen LogP contribution in [0.5, 0.6) is 0 Å². The minimum absolute atomic E-state index is 0.0672. The first-order valence-electron chi connectivity index (χ1n) is 5.79. The Morgan fingerprint density at radius 3 is 2.89 bits per heavy atom. The number of rotatable bonds is 5. The molecule has 2 aromatic rings. The van der Waals surface area contributed by atoms with Crippen LogP contribution in [0.1, 0.15) is 6.92 Å². The van der Waals surface area contributed by atoms with E-state index < -0.39 is 11.8 Å². The number of carbonyl (C=O) groups excluding carboxylic acids is 1. The van der Waals surface area contributed by atoms with E-state index in [-0.39, 0.29) is 6.54 Å². The van der Waals surface area contributed by atoms with E-state index in [1.54, 1.807) is 36.7 Å². The maximum Gasteiger partial charge on any atom is 0.326 e. The molecule has 100 valence electrons. The summed E-state index contributed by atoms with van der Waals surface area (Å²) < 4.78 is 18.8. The van der Waals surface area contributed by atoms with Crippen molar-refractivity contribution in [1.29, 1.82) is 0 Å². The zero-order valence-electron chi connectivity index (χ0n) is 10.4. The monoisotopic (exact) mass is 280 g/mol. The van der Waals surface area contributed by atoms with Crippen LogP contribution in [0.2, 0.25) is 0 Å². The number of esters is 1. The van der Waals surface area contributed by atoms with Crippen LogP contribution in [0.15, 0.2) is 35.8 Å². The van der Waals surface area contributed by atoms with Crippen molar-refractivity contribution in [1.82, 2.24) is 4.98 Å². The minimum Gasteiger partial charge on any atom is -0.465 e. The molecule has 1 aromatic heterocycles. The molecule has 0 aliphatic carbocycles. The van der Waals surface area contributed by atoms with Gasteiger partial charge < -0.3 is 9.64 Å². The van der Waals surface area contributed by atoms with Gasteiger partial charge in [0.15, 0.2) is 5.13 Å². The fraction of sp³-hybridized carbons (Fsp3) is 0.231. The fourth-order valence-electron chi connectivity index (χ4n) is 1.61. The minimum atomic E-state index is -0.416. The number of halogens is 1. The lowest BCUT2D eigenvalue weighted by atomic mass is 10.3. The van der Waals surface area contributed by atoms with Gasteiger partial charge in [-0.15, -0.1) is 11.3 Å². The Hall–Kier alpha value is -1.95. The molecule has 0 unspecified atom stereocenters. The standard InChI is InChI=1S/C13H13FN2O2S/c1-2-18-12(17)9-16(13-15-7-8-19-13)11-6-4-3-5-10(11)14/h3-8H,2,9H2,1H3. The Labute approximate surface area is 114 Å². The number of ether oxygens (including phenoxy) is 1. The third-order valence-electron chi connectivity index (χ3n) is 2.39. The summed E-state index contributed by atoms with van der Waals surface area (Å²) in [6, 6.07) is 6.27. The summed E-state index contributed by atoms with van der Waals surface area (Å²) in [6.07, 6.45) is 1.61. The molecule has 1 aromatic carbocycles. The Bertz CT molecular complexity index is 545. The molecule has 0 N–H and O–H groups in total. The molecule has 0 fully saturated rings. The number of hydrogen-bond donors (Lipinski definition) is 0. The van der Waals surface area contributed by atoms with Crippen LogP contribution in [-0.4, -0.2) is 24.1 Å². The topological polar surface area (TPSA) is 42.4 Å². The summed E-state index contributed by atoms with van der Waals surface area (Å²) in [5.74, 6) is -0.817. The van der Waals surface area contributed by atoms with Crippen LogP contribution in [0.4, 0.5) is 15.2 Å². The molecular weight excluding hydrogens is 267 g/mol.